The fourth-order valence-corrected chi connectivity index (χ4v) is 2.29. The predicted molar refractivity (Wildman–Crippen MR) is 79.6 cm³/mol. The number of halogens is 1. The Labute approximate surface area is 119 Å². The van der Waals surface area contributed by atoms with Crippen molar-refractivity contribution in [1.29, 1.82) is 0 Å². The van der Waals surface area contributed by atoms with Gasteiger partial charge in [-0.05, 0) is 30.8 Å². The zero-order valence-electron chi connectivity index (χ0n) is 11.3. The van der Waals surface area contributed by atoms with Gasteiger partial charge in [0.15, 0.2) is 0 Å². The van der Waals surface area contributed by atoms with E-state index in [4.69, 9.17) is 16.0 Å². The molecule has 1 N–H and O–H groups in total. The van der Waals surface area contributed by atoms with Gasteiger partial charge in [0, 0.05) is 29.9 Å². The number of nitrogens with one attached hydrogen (secondary N) is 1. The van der Waals surface area contributed by atoms with E-state index in [1.807, 2.05) is 31.3 Å². The molecule has 102 valence electrons. The molecule has 0 aliphatic rings. The molecule has 19 heavy (non-hydrogen) atoms. The molecule has 1 heterocycles. The summed E-state index contributed by atoms with van der Waals surface area (Å²) >= 11 is 6.30. The van der Waals surface area contributed by atoms with Gasteiger partial charge in [0.05, 0.1) is 12.8 Å². The van der Waals surface area contributed by atoms with E-state index < -0.39 is 0 Å². The summed E-state index contributed by atoms with van der Waals surface area (Å²) < 4.78 is 5.39. The van der Waals surface area contributed by atoms with Crippen LogP contribution in [0.1, 0.15) is 18.2 Å². The van der Waals surface area contributed by atoms with Crippen LogP contribution >= 0.6 is 11.6 Å². The first-order valence-corrected chi connectivity index (χ1v) is 6.81. The minimum atomic E-state index is 0.729. The Hall–Kier alpha value is -1.45. The number of hydrogen-bond donors (Lipinski definition) is 1. The average molecular weight is 279 g/mol. The minimum absolute atomic E-state index is 0.729. The Bertz CT molecular complexity index is 511. The lowest BCUT2D eigenvalue weighted by Gasteiger charge is -2.22. The van der Waals surface area contributed by atoms with Crippen molar-refractivity contribution >= 4 is 17.3 Å². The summed E-state index contributed by atoms with van der Waals surface area (Å²) in [4.78, 5) is 2.15. The molecule has 4 heteroatoms. The monoisotopic (exact) mass is 278 g/mol. The van der Waals surface area contributed by atoms with Crippen LogP contribution in [0.15, 0.2) is 41.0 Å². The number of anilines is 1. The van der Waals surface area contributed by atoms with Crippen molar-refractivity contribution in [2.75, 3.05) is 18.5 Å². The van der Waals surface area contributed by atoms with Gasteiger partial charge in [-0.15, -0.1) is 0 Å². The van der Waals surface area contributed by atoms with E-state index in [9.17, 15) is 0 Å². The Morgan fingerprint density at radius 3 is 2.79 bits per heavy atom. The summed E-state index contributed by atoms with van der Waals surface area (Å²) in [6.45, 7) is 4.51. The molecule has 0 saturated heterocycles. The Kier molecular flexibility index (Phi) is 4.88. The lowest BCUT2D eigenvalue weighted by molar-refractivity contribution is 0.507. The highest BCUT2D eigenvalue weighted by atomic mass is 35.5. The Morgan fingerprint density at radius 2 is 2.11 bits per heavy atom. The van der Waals surface area contributed by atoms with Gasteiger partial charge in [0.1, 0.15) is 5.76 Å². The first-order valence-electron chi connectivity index (χ1n) is 6.44. The number of rotatable bonds is 6. The van der Waals surface area contributed by atoms with Gasteiger partial charge in [-0.25, -0.2) is 0 Å². The molecule has 0 unspecified atom stereocenters. The maximum atomic E-state index is 6.30. The van der Waals surface area contributed by atoms with Crippen LogP contribution in [-0.2, 0) is 13.1 Å². The second-order valence-corrected chi connectivity index (χ2v) is 4.86. The SMILES string of the molecule is CCNCc1c(Cl)cccc1N(C)Cc1ccco1. The minimum Gasteiger partial charge on any atom is -0.467 e. The van der Waals surface area contributed by atoms with Crippen molar-refractivity contribution in [3.8, 4) is 0 Å². The number of nitrogens with zero attached hydrogens (tertiary/aromatic N) is 1. The largest absolute Gasteiger partial charge is 0.467 e. The van der Waals surface area contributed by atoms with Gasteiger partial charge in [-0.2, -0.15) is 0 Å². The van der Waals surface area contributed by atoms with Gasteiger partial charge >= 0.3 is 0 Å². The van der Waals surface area contributed by atoms with E-state index in [-0.39, 0.29) is 0 Å². The summed E-state index contributed by atoms with van der Waals surface area (Å²) in [5.41, 5.74) is 2.25. The second kappa shape index (κ2) is 6.64. The fourth-order valence-electron chi connectivity index (χ4n) is 2.05. The van der Waals surface area contributed by atoms with Crippen LogP contribution in [0.5, 0.6) is 0 Å². The molecule has 0 atom stereocenters. The first-order chi connectivity index (χ1) is 9.22. The highest BCUT2D eigenvalue weighted by Gasteiger charge is 2.11. The van der Waals surface area contributed by atoms with Crippen molar-refractivity contribution in [1.82, 2.24) is 5.32 Å². The fraction of sp³-hybridized carbons (Fsp3) is 0.333. The van der Waals surface area contributed by atoms with Crippen LogP contribution in [0.2, 0.25) is 5.02 Å². The Balaban J connectivity index is 2.20. The summed E-state index contributed by atoms with van der Waals surface area (Å²) in [7, 11) is 2.05. The highest BCUT2D eigenvalue weighted by Crippen LogP contribution is 2.27. The molecule has 0 spiro atoms. The summed E-state index contributed by atoms with van der Waals surface area (Å²) in [6.07, 6.45) is 1.70. The quantitative estimate of drug-likeness (QED) is 0.874. The molecule has 3 nitrogen and oxygen atoms in total. The third kappa shape index (κ3) is 3.52. The molecule has 0 saturated carbocycles. The number of benzene rings is 1. The molecular weight excluding hydrogens is 260 g/mol. The molecule has 0 radical (unpaired) electrons. The maximum absolute atomic E-state index is 6.30. The van der Waals surface area contributed by atoms with Crippen LogP contribution in [0.25, 0.3) is 0 Å². The van der Waals surface area contributed by atoms with Crippen molar-refractivity contribution in [3.05, 3.63) is 52.9 Å². The molecule has 0 aliphatic carbocycles. The molecular formula is C15H19ClN2O. The van der Waals surface area contributed by atoms with Crippen LogP contribution in [0, 0.1) is 0 Å². The van der Waals surface area contributed by atoms with Gasteiger partial charge in [0.2, 0.25) is 0 Å². The van der Waals surface area contributed by atoms with Crippen molar-refractivity contribution < 1.29 is 4.42 Å². The van der Waals surface area contributed by atoms with Gasteiger partial charge < -0.3 is 14.6 Å². The average Bonchev–Trinajstić information content (AvgIpc) is 2.90. The maximum Gasteiger partial charge on any atom is 0.123 e. The number of hydrogen-bond acceptors (Lipinski definition) is 3. The van der Waals surface area contributed by atoms with Crippen LogP contribution in [0.4, 0.5) is 5.69 Å². The lowest BCUT2D eigenvalue weighted by Crippen LogP contribution is -2.20. The summed E-state index contributed by atoms with van der Waals surface area (Å²) in [5, 5.41) is 4.12. The van der Waals surface area contributed by atoms with E-state index in [0.717, 1.165) is 41.7 Å². The zero-order valence-corrected chi connectivity index (χ0v) is 12.1. The lowest BCUT2D eigenvalue weighted by atomic mass is 10.1. The van der Waals surface area contributed by atoms with Crippen molar-refractivity contribution in [3.63, 3.8) is 0 Å². The first kappa shape index (κ1) is 14.0. The van der Waals surface area contributed by atoms with Gasteiger partial charge in [0.25, 0.3) is 0 Å². The van der Waals surface area contributed by atoms with Crippen molar-refractivity contribution in [2.45, 2.75) is 20.0 Å². The molecule has 0 amide bonds. The highest BCUT2D eigenvalue weighted by molar-refractivity contribution is 6.31. The third-order valence-electron chi connectivity index (χ3n) is 3.03. The van der Waals surface area contributed by atoms with Crippen LogP contribution in [-0.4, -0.2) is 13.6 Å². The van der Waals surface area contributed by atoms with Crippen LogP contribution < -0.4 is 10.2 Å². The number of furan rings is 1. The molecule has 0 fully saturated rings. The molecule has 0 bridgehead atoms. The van der Waals surface area contributed by atoms with E-state index >= 15 is 0 Å². The zero-order chi connectivity index (χ0) is 13.7. The molecule has 0 aliphatic heterocycles. The normalized spacial score (nSPS) is 10.7. The molecule has 1 aromatic heterocycles. The standard InChI is InChI=1S/C15H19ClN2O/c1-3-17-10-13-14(16)7-4-8-15(13)18(2)11-12-6-5-9-19-12/h4-9,17H,3,10-11H2,1-2H3. The van der Waals surface area contributed by atoms with Crippen LogP contribution in [0.3, 0.4) is 0 Å². The Morgan fingerprint density at radius 1 is 1.26 bits per heavy atom. The topological polar surface area (TPSA) is 28.4 Å². The summed E-state index contributed by atoms with van der Waals surface area (Å²) in [6, 6.07) is 9.87. The second-order valence-electron chi connectivity index (χ2n) is 4.45. The summed E-state index contributed by atoms with van der Waals surface area (Å²) in [5.74, 6) is 0.942. The van der Waals surface area contributed by atoms with E-state index in [0.29, 0.717) is 0 Å². The molecule has 2 rings (SSSR count). The third-order valence-corrected chi connectivity index (χ3v) is 3.38. The van der Waals surface area contributed by atoms with E-state index in [2.05, 4.69) is 23.2 Å². The predicted octanol–water partition coefficient (Wildman–Crippen LogP) is 3.68. The van der Waals surface area contributed by atoms with E-state index in [1.54, 1.807) is 6.26 Å². The molecule has 2 aromatic rings. The van der Waals surface area contributed by atoms with Crippen molar-refractivity contribution in [2.24, 2.45) is 0 Å². The van der Waals surface area contributed by atoms with Gasteiger partial charge in [-0.3, -0.25) is 0 Å². The smallest absolute Gasteiger partial charge is 0.123 e. The molecule has 1 aromatic carbocycles. The van der Waals surface area contributed by atoms with E-state index in [1.165, 1.54) is 0 Å². The van der Waals surface area contributed by atoms with Gasteiger partial charge in [-0.1, -0.05) is 24.6 Å².